The second-order valence-corrected chi connectivity index (χ2v) is 5.78. The highest BCUT2D eigenvalue weighted by atomic mass is 16.5. The molecule has 0 bridgehead atoms. The van der Waals surface area contributed by atoms with Gasteiger partial charge in [0.05, 0.1) is 24.7 Å². The average molecular weight is 329 g/mol. The van der Waals surface area contributed by atoms with E-state index in [1.807, 2.05) is 36.8 Å². The normalized spacial score (nSPS) is 22.0. The van der Waals surface area contributed by atoms with Gasteiger partial charge in [-0.2, -0.15) is 0 Å². The molecule has 0 radical (unpaired) electrons. The fraction of sp³-hybridized carbons (Fsp3) is 0.471. The van der Waals surface area contributed by atoms with Gasteiger partial charge in [0.15, 0.2) is 0 Å². The molecule has 1 fully saturated rings. The Morgan fingerprint density at radius 2 is 2.38 bits per heavy atom. The minimum atomic E-state index is -0.0348. The molecule has 2 aromatic rings. The van der Waals surface area contributed by atoms with Crippen molar-refractivity contribution in [1.29, 1.82) is 0 Å². The molecule has 128 valence electrons. The summed E-state index contributed by atoms with van der Waals surface area (Å²) in [6.07, 6.45) is 9.12. The molecule has 3 rings (SSSR count). The number of hydrogen-bond donors (Lipinski definition) is 1. The lowest BCUT2D eigenvalue weighted by Crippen LogP contribution is -2.16. The Hall–Kier alpha value is -2.25. The Balaban J connectivity index is 1.55. The standard InChI is InChI=1S/C17H23N5O2/c1-3-19-12(2)7-9-23-10-13-4-5-15(24-13)22-8-6-14-16(18)20-11-21-17(14)22/h3,6-8,11,13,15H,4-5,9-10H2,1-2H3,(H2,18,20,21)/b12-7+,19-3?. The van der Waals surface area contributed by atoms with E-state index in [-0.39, 0.29) is 12.3 Å². The number of ether oxygens (including phenoxy) is 2. The van der Waals surface area contributed by atoms with Gasteiger partial charge in [0, 0.05) is 18.1 Å². The first-order valence-electron chi connectivity index (χ1n) is 8.14. The first-order chi connectivity index (χ1) is 11.7. The molecule has 1 aliphatic heterocycles. The molecule has 7 heteroatoms. The Labute approximate surface area is 141 Å². The highest BCUT2D eigenvalue weighted by Crippen LogP contribution is 2.31. The minimum absolute atomic E-state index is 0.0348. The highest BCUT2D eigenvalue weighted by molar-refractivity contribution is 5.86. The fourth-order valence-electron chi connectivity index (χ4n) is 2.87. The number of aromatic nitrogens is 3. The van der Waals surface area contributed by atoms with Crippen molar-refractivity contribution in [3.63, 3.8) is 0 Å². The molecule has 7 nitrogen and oxygen atoms in total. The van der Waals surface area contributed by atoms with Crippen LogP contribution in [0.5, 0.6) is 0 Å². The van der Waals surface area contributed by atoms with E-state index in [1.165, 1.54) is 6.33 Å². The lowest BCUT2D eigenvalue weighted by Gasteiger charge is -2.15. The quantitative estimate of drug-likeness (QED) is 0.650. The number of anilines is 1. The van der Waals surface area contributed by atoms with Crippen molar-refractivity contribution in [2.45, 2.75) is 39.0 Å². The Kier molecular flexibility index (Phi) is 5.22. The van der Waals surface area contributed by atoms with Crippen molar-refractivity contribution in [3.8, 4) is 0 Å². The predicted octanol–water partition coefficient (Wildman–Crippen LogP) is 2.70. The molecule has 0 aliphatic carbocycles. The largest absolute Gasteiger partial charge is 0.383 e. The Morgan fingerprint density at radius 1 is 1.50 bits per heavy atom. The van der Waals surface area contributed by atoms with Gasteiger partial charge in [-0.15, -0.1) is 0 Å². The highest BCUT2D eigenvalue weighted by Gasteiger charge is 2.27. The zero-order valence-electron chi connectivity index (χ0n) is 14.1. The SMILES string of the molecule is CC=N/C(C)=C/COCC1CCC(n2ccc3c(N)ncnc32)O1. The Morgan fingerprint density at radius 3 is 3.21 bits per heavy atom. The maximum absolute atomic E-state index is 6.09. The summed E-state index contributed by atoms with van der Waals surface area (Å²) in [6, 6.07) is 1.93. The number of allylic oxidation sites excluding steroid dienone is 1. The van der Waals surface area contributed by atoms with Crippen LogP contribution in [-0.2, 0) is 9.47 Å². The topological polar surface area (TPSA) is 87.6 Å². The molecule has 1 saturated heterocycles. The van der Waals surface area contributed by atoms with Crippen LogP contribution in [0.4, 0.5) is 5.82 Å². The molecular formula is C17H23N5O2. The molecule has 0 aromatic carbocycles. The lowest BCUT2D eigenvalue weighted by atomic mass is 10.2. The van der Waals surface area contributed by atoms with Gasteiger partial charge >= 0.3 is 0 Å². The third kappa shape index (κ3) is 3.63. The molecule has 3 heterocycles. The third-order valence-electron chi connectivity index (χ3n) is 4.07. The minimum Gasteiger partial charge on any atom is -0.383 e. The molecule has 0 saturated carbocycles. The Bertz CT molecular complexity index is 753. The van der Waals surface area contributed by atoms with Crippen LogP contribution in [0, 0.1) is 0 Å². The zero-order valence-corrected chi connectivity index (χ0v) is 14.1. The van der Waals surface area contributed by atoms with Gasteiger partial charge in [0.25, 0.3) is 0 Å². The van der Waals surface area contributed by atoms with E-state index in [2.05, 4.69) is 15.0 Å². The average Bonchev–Trinajstić information content (AvgIpc) is 3.19. The van der Waals surface area contributed by atoms with Crippen LogP contribution in [0.3, 0.4) is 0 Å². The van der Waals surface area contributed by atoms with Crippen molar-refractivity contribution in [1.82, 2.24) is 14.5 Å². The van der Waals surface area contributed by atoms with E-state index in [9.17, 15) is 0 Å². The van der Waals surface area contributed by atoms with Crippen molar-refractivity contribution in [2.75, 3.05) is 18.9 Å². The summed E-state index contributed by atoms with van der Waals surface area (Å²) in [6.45, 7) is 4.97. The van der Waals surface area contributed by atoms with Crippen LogP contribution in [0.1, 0.15) is 32.9 Å². The van der Waals surface area contributed by atoms with Crippen molar-refractivity contribution >= 4 is 23.1 Å². The number of rotatable bonds is 6. The first-order valence-corrected chi connectivity index (χ1v) is 8.14. The number of nitrogens with zero attached hydrogens (tertiary/aromatic N) is 4. The van der Waals surface area contributed by atoms with Gasteiger partial charge in [-0.1, -0.05) is 0 Å². The number of hydrogen-bond acceptors (Lipinski definition) is 6. The number of nitrogen functional groups attached to an aromatic ring is 1. The predicted molar refractivity (Wildman–Crippen MR) is 93.8 cm³/mol. The molecule has 2 N–H and O–H groups in total. The smallest absolute Gasteiger partial charge is 0.147 e. The van der Waals surface area contributed by atoms with E-state index < -0.39 is 0 Å². The van der Waals surface area contributed by atoms with Gasteiger partial charge in [-0.25, -0.2) is 9.97 Å². The third-order valence-corrected chi connectivity index (χ3v) is 4.07. The van der Waals surface area contributed by atoms with Gasteiger partial charge in [-0.05, 0) is 38.8 Å². The van der Waals surface area contributed by atoms with Crippen LogP contribution >= 0.6 is 0 Å². The second-order valence-electron chi connectivity index (χ2n) is 5.78. The van der Waals surface area contributed by atoms with Gasteiger partial charge < -0.3 is 19.8 Å². The van der Waals surface area contributed by atoms with E-state index in [4.69, 9.17) is 15.2 Å². The number of nitrogens with two attached hydrogens (primary N) is 1. The van der Waals surface area contributed by atoms with Crippen molar-refractivity contribution < 1.29 is 9.47 Å². The number of aliphatic imine (C=N–C) groups is 1. The molecular weight excluding hydrogens is 306 g/mol. The summed E-state index contributed by atoms with van der Waals surface area (Å²) in [4.78, 5) is 12.5. The summed E-state index contributed by atoms with van der Waals surface area (Å²) in [5, 5.41) is 0.859. The van der Waals surface area contributed by atoms with Crippen molar-refractivity contribution in [2.24, 2.45) is 4.99 Å². The molecule has 24 heavy (non-hydrogen) atoms. The summed E-state index contributed by atoms with van der Waals surface area (Å²) in [5.74, 6) is 0.494. The fourth-order valence-corrected chi connectivity index (χ4v) is 2.87. The lowest BCUT2D eigenvalue weighted by molar-refractivity contribution is -0.0352. The van der Waals surface area contributed by atoms with E-state index in [0.29, 0.717) is 19.0 Å². The summed E-state index contributed by atoms with van der Waals surface area (Å²) < 4.78 is 13.8. The molecule has 0 amide bonds. The van der Waals surface area contributed by atoms with Gasteiger partial charge in [-0.3, -0.25) is 4.99 Å². The number of fused-ring (bicyclic) bond motifs is 1. The second kappa shape index (κ2) is 7.55. The van der Waals surface area contributed by atoms with Crippen LogP contribution in [0.25, 0.3) is 11.0 Å². The molecule has 2 unspecified atom stereocenters. The van der Waals surface area contributed by atoms with Crippen LogP contribution < -0.4 is 5.73 Å². The summed E-state index contributed by atoms with van der Waals surface area (Å²) in [7, 11) is 0. The van der Waals surface area contributed by atoms with E-state index in [0.717, 1.165) is 29.6 Å². The van der Waals surface area contributed by atoms with E-state index in [1.54, 1.807) is 6.21 Å². The van der Waals surface area contributed by atoms with Crippen molar-refractivity contribution in [3.05, 3.63) is 30.4 Å². The van der Waals surface area contributed by atoms with E-state index >= 15 is 0 Å². The monoisotopic (exact) mass is 329 g/mol. The molecule has 1 aliphatic rings. The summed E-state index contributed by atoms with van der Waals surface area (Å²) >= 11 is 0. The maximum Gasteiger partial charge on any atom is 0.147 e. The maximum atomic E-state index is 6.09. The van der Waals surface area contributed by atoms with Gasteiger partial charge in [0.1, 0.15) is 24.0 Å². The molecule has 0 spiro atoms. The van der Waals surface area contributed by atoms with Crippen LogP contribution in [0.2, 0.25) is 0 Å². The summed E-state index contributed by atoms with van der Waals surface area (Å²) in [5.41, 5.74) is 7.65. The van der Waals surface area contributed by atoms with Crippen LogP contribution in [-0.4, -0.2) is 40.1 Å². The molecule has 2 atom stereocenters. The molecule has 2 aromatic heterocycles. The van der Waals surface area contributed by atoms with Gasteiger partial charge in [0.2, 0.25) is 0 Å². The first kappa shape index (κ1) is 16.6. The van der Waals surface area contributed by atoms with Crippen LogP contribution in [0.15, 0.2) is 35.4 Å². The zero-order chi connectivity index (χ0) is 16.9.